The van der Waals surface area contributed by atoms with Gasteiger partial charge in [-0.05, 0) is 42.3 Å². The van der Waals surface area contributed by atoms with E-state index in [1.165, 1.54) is 11.9 Å². The molecule has 4 aromatic heterocycles. The van der Waals surface area contributed by atoms with Crippen LogP contribution in [0.25, 0.3) is 27.9 Å². The zero-order valence-corrected chi connectivity index (χ0v) is 25.8. The van der Waals surface area contributed by atoms with Gasteiger partial charge in [-0.15, -0.1) is 5.10 Å². The molecular formula is C34H32N12O. The number of para-hydroxylation sites is 2. The van der Waals surface area contributed by atoms with Crippen molar-refractivity contribution in [1.29, 1.82) is 0 Å². The average Bonchev–Trinajstić information content (AvgIpc) is 3.84. The van der Waals surface area contributed by atoms with E-state index >= 15 is 0 Å². The topological polar surface area (TPSA) is 142 Å². The van der Waals surface area contributed by atoms with Gasteiger partial charge in [-0.1, -0.05) is 53.7 Å². The van der Waals surface area contributed by atoms with Crippen molar-refractivity contribution >= 4 is 39.9 Å². The maximum atomic E-state index is 14.0. The Morgan fingerprint density at radius 2 is 1.70 bits per heavy atom. The number of hydrogen-bond acceptors (Lipinski definition) is 9. The van der Waals surface area contributed by atoms with E-state index in [9.17, 15) is 4.79 Å². The van der Waals surface area contributed by atoms with Gasteiger partial charge >= 0.3 is 0 Å². The first-order valence-corrected chi connectivity index (χ1v) is 15.5. The Hall–Kier alpha value is -6.11. The molecule has 234 valence electrons. The number of fused-ring (bicyclic) bond motifs is 2. The van der Waals surface area contributed by atoms with Gasteiger partial charge in [-0.25, -0.2) is 24.6 Å². The number of nitrogens with zero attached hydrogens (tertiary/aromatic N) is 11. The molecule has 3 aromatic carbocycles. The van der Waals surface area contributed by atoms with Gasteiger partial charge in [0, 0.05) is 26.2 Å². The van der Waals surface area contributed by atoms with Crippen LogP contribution in [0.1, 0.15) is 27.2 Å². The normalized spacial score (nSPS) is 13.6. The molecule has 13 nitrogen and oxygen atoms in total. The Bertz CT molecular complexity index is 2230. The molecule has 0 aliphatic carbocycles. The van der Waals surface area contributed by atoms with E-state index in [-0.39, 0.29) is 5.91 Å². The lowest BCUT2D eigenvalue weighted by Crippen LogP contribution is -2.49. The summed E-state index contributed by atoms with van der Waals surface area (Å²) >= 11 is 0. The van der Waals surface area contributed by atoms with Crippen LogP contribution in [0.5, 0.6) is 0 Å². The van der Waals surface area contributed by atoms with Crippen LogP contribution in [0.3, 0.4) is 0 Å². The lowest BCUT2D eigenvalue weighted by atomic mass is 10.1. The van der Waals surface area contributed by atoms with E-state index in [1.807, 2.05) is 59.0 Å². The molecule has 8 rings (SSSR count). The molecule has 7 aromatic rings. The van der Waals surface area contributed by atoms with Gasteiger partial charge in [-0.3, -0.25) is 4.79 Å². The third kappa shape index (κ3) is 5.31. The maximum absolute atomic E-state index is 14.0. The summed E-state index contributed by atoms with van der Waals surface area (Å²) in [6.07, 6.45) is 4.90. The van der Waals surface area contributed by atoms with E-state index in [2.05, 4.69) is 71.1 Å². The number of carbonyl (C=O) groups excluding carboxylic acids is 1. The van der Waals surface area contributed by atoms with Crippen molar-refractivity contribution in [2.75, 3.05) is 36.8 Å². The van der Waals surface area contributed by atoms with Gasteiger partial charge in [0.25, 0.3) is 5.91 Å². The van der Waals surface area contributed by atoms with Crippen molar-refractivity contribution in [1.82, 2.24) is 49.0 Å². The summed E-state index contributed by atoms with van der Waals surface area (Å²) in [6.45, 7) is 5.60. The lowest BCUT2D eigenvalue weighted by Gasteiger charge is -2.35. The molecule has 1 saturated heterocycles. The summed E-state index contributed by atoms with van der Waals surface area (Å²) in [6, 6.07) is 24.5. The molecule has 0 atom stereocenters. The molecule has 1 aliphatic heterocycles. The number of aryl methyl sites for hydroxylation is 1. The predicted molar refractivity (Wildman–Crippen MR) is 178 cm³/mol. The fourth-order valence-electron chi connectivity index (χ4n) is 6.20. The quantitative estimate of drug-likeness (QED) is 0.281. The Morgan fingerprint density at radius 3 is 2.55 bits per heavy atom. The van der Waals surface area contributed by atoms with Crippen molar-refractivity contribution in [3.8, 4) is 5.69 Å². The monoisotopic (exact) mass is 624 g/mol. The number of carbonyl (C=O) groups is 1. The molecule has 0 spiro atoms. The summed E-state index contributed by atoms with van der Waals surface area (Å²) in [7, 11) is 0. The van der Waals surface area contributed by atoms with Gasteiger partial charge in [0.15, 0.2) is 11.5 Å². The first kappa shape index (κ1) is 28.4. The van der Waals surface area contributed by atoms with E-state index in [0.717, 1.165) is 29.1 Å². The van der Waals surface area contributed by atoms with Crippen molar-refractivity contribution in [3.05, 3.63) is 114 Å². The molecule has 1 aliphatic rings. The Morgan fingerprint density at radius 1 is 0.894 bits per heavy atom. The van der Waals surface area contributed by atoms with Crippen molar-refractivity contribution in [2.24, 2.45) is 0 Å². The zero-order chi connectivity index (χ0) is 31.9. The van der Waals surface area contributed by atoms with Crippen LogP contribution >= 0.6 is 0 Å². The van der Waals surface area contributed by atoms with E-state index in [0.29, 0.717) is 66.7 Å². The number of nitrogen functional groups attached to an aromatic ring is 1. The minimum atomic E-state index is -0.0396. The van der Waals surface area contributed by atoms with Crippen LogP contribution in [0.2, 0.25) is 0 Å². The number of hydrogen-bond donors (Lipinski definition) is 1. The predicted octanol–water partition coefficient (Wildman–Crippen LogP) is 3.71. The highest BCUT2D eigenvalue weighted by Crippen LogP contribution is 2.26. The second kappa shape index (κ2) is 11.7. The number of benzene rings is 3. The minimum Gasteiger partial charge on any atom is -0.382 e. The van der Waals surface area contributed by atoms with Crippen LogP contribution in [-0.4, -0.2) is 81.1 Å². The maximum Gasteiger partial charge on any atom is 0.256 e. The highest BCUT2D eigenvalue weighted by molar-refractivity contribution is 5.98. The fraction of sp³-hybridized carbons (Fsp3) is 0.206. The molecule has 5 heterocycles. The first-order chi connectivity index (χ1) is 23.0. The number of amides is 1. The molecule has 47 heavy (non-hydrogen) atoms. The van der Waals surface area contributed by atoms with Gasteiger partial charge in [-0.2, -0.15) is 0 Å². The third-order valence-corrected chi connectivity index (χ3v) is 8.60. The summed E-state index contributed by atoms with van der Waals surface area (Å²) in [4.78, 5) is 35.9. The standard InChI is InChI=1S/C34H32N12O/c1-23-11-12-26(29(17-23)46-20-25(40-41-46)19-44-22-38-30-31(35)36-21-37-32(30)44)33(47)42-13-15-43(16-14-42)34-39-27-9-5-6-10-28(27)45(34)18-24-7-3-2-4-8-24/h2-12,17,20-22H,13-16,18-19H2,1H3,(H2,35,36,37). The number of anilines is 2. The number of nitrogens with two attached hydrogens (primary N) is 1. The summed E-state index contributed by atoms with van der Waals surface area (Å²) in [5.74, 6) is 1.21. The van der Waals surface area contributed by atoms with Crippen LogP contribution in [0.15, 0.2) is 91.6 Å². The molecule has 13 heteroatoms. The number of piperazine rings is 1. The van der Waals surface area contributed by atoms with Crippen molar-refractivity contribution in [3.63, 3.8) is 0 Å². The second-order valence-electron chi connectivity index (χ2n) is 11.7. The minimum absolute atomic E-state index is 0.0396. The van der Waals surface area contributed by atoms with Gasteiger partial charge in [0.05, 0.1) is 47.9 Å². The molecular weight excluding hydrogens is 592 g/mol. The Labute approximate surface area is 269 Å². The van der Waals surface area contributed by atoms with Gasteiger partial charge < -0.3 is 24.7 Å². The van der Waals surface area contributed by atoms with Gasteiger partial charge in [0.1, 0.15) is 17.5 Å². The van der Waals surface area contributed by atoms with E-state index < -0.39 is 0 Å². The molecule has 1 fully saturated rings. The second-order valence-corrected chi connectivity index (χ2v) is 11.7. The van der Waals surface area contributed by atoms with Crippen LogP contribution in [-0.2, 0) is 13.1 Å². The smallest absolute Gasteiger partial charge is 0.256 e. The third-order valence-electron chi connectivity index (χ3n) is 8.60. The van der Waals surface area contributed by atoms with Crippen molar-refractivity contribution in [2.45, 2.75) is 20.0 Å². The van der Waals surface area contributed by atoms with E-state index in [1.54, 1.807) is 11.0 Å². The fourth-order valence-corrected chi connectivity index (χ4v) is 6.20. The molecule has 2 N–H and O–H groups in total. The number of rotatable bonds is 7. The molecule has 1 amide bonds. The Kier molecular flexibility index (Phi) is 7.05. The molecule has 0 unspecified atom stereocenters. The highest BCUT2D eigenvalue weighted by Gasteiger charge is 2.27. The van der Waals surface area contributed by atoms with Crippen molar-refractivity contribution < 1.29 is 4.79 Å². The highest BCUT2D eigenvalue weighted by atomic mass is 16.2. The van der Waals surface area contributed by atoms with Gasteiger partial charge in [0.2, 0.25) is 5.95 Å². The summed E-state index contributed by atoms with van der Waals surface area (Å²) in [5, 5.41) is 8.78. The Balaban J connectivity index is 1.02. The molecule has 0 saturated carbocycles. The number of imidazole rings is 2. The number of aromatic nitrogens is 9. The van der Waals surface area contributed by atoms with Crippen LogP contribution < -0.4 is 10.6 Å². The largest absolute Gasteiger partial charge is 0.382 e. The zero-order valence-electron chi connectivity index (χ0n) is 25.8. The van der Waals surface area contributed by atoms with Crippen LogP contribution in [0.4, 0.5) is 11.8 Å². The van der Waals surface area contributed by atoms with E-state index in [4.69, 9.17) is 10.7 Å². The van der Waals surface area contributed by atoms with Crippen LogP contribution in [0, 0.1) is 6.92 Å². The lowest BCUT2D eigenvalue weighted by molar-refractivity contribution is 0.0746. The molecule has 0 bridgehead atoms. The summed E-state index contributed by atoms with van der Waals surface area (Å²) < 4.78 is 5.79. The SMILES string of the molecule is Cc1ccc(C(=O)N2CCN(c3nc4ccccc4n3Cc3ccccc3)CC2)c(-n2cc(Cn3cnc4c(N)ncnc43)nn2)c1. The summed E-state index contributed by atoms with van der Waals surface area (Å²) in [5.41, 5.74) is 13.3. The molecule has 0 radical (unpaired) electrons. The first-order valence-electron chi connectivity index (χ1n) is 15.5. The average molecular weight is 625 g/mol.